The molecule has 0 aliphatic carbocycles. The van der Waals surface area contributed by atoms with E-state index >= 15 is 0 Å². The first-order valence-electron chi connectivity index (χ1n) is 8.81. The molecule has 0 saturated heterocycles. The van der Waals surface area contributed by atoms with E-state index in [9.17, 15) is 23.2 Å². The van der Waals surface area contributed by atoms with Crippen molar-refractivity contribution in [3.8, 4) is 5.75 Å². The summed E-state index contributed by atoms with van der Waals surface area (Å²) in [5.74, 6) is -1.97. The second-order valence-corrected chi connectivity index (χ2v) is 6.56. The van der Waals surface area contributed by atoms with E-state index in [2.05, 4.69) is 10.3 Å². The number of carbonyl (C=O) groups is 1. The summed E-state index contributed by atoms with van der Waals surface area (Å²) in [6.45, 7) is 2.89. The van der Waals surface area contributed by atoms with Crippen LogP contribution in [0, 0.1) is 11.6 Å². The average molecular weight is 403 g/mol. The van der Waals surface area contributed by atoms with Crippen LogP contribution < -0.4 is 21.3 Å². The number of halogens is 2. The van der Waals surface area contributed by atoms with Crippen LogP contribution in [0.5, 0.6) is 5.75 Å². The molecule has 3 aromatic rings. The Hall–Kier alpha value is -3.49. The molecule has 1 heterocycles. The van der Waals surface area contributed by atoms with Gasteiger partial charge in [-0.3, -0.25) is 9.59 Å². The van der Waals surface area contributed by atoms with Gasteiger partial charge < -0.3 is 15.0 Å². The number of hydrogen-bond acceptors (Lipinski definition) is 4. The zero-order valence-corrected chi connectivity index (χ0v) is 16.0. The first-order chi connectivity index (χ1) is 13.7. The van der Waals surface area contributed by atoms with Gasteiger partial charge in [0.1, 0.15) is 28.8 Å². The third-order valence-electron chi connectivity index (χ3n) is 4.69. The Balaban J connectivity index is 1.96. The van der Waals surface area contributed by atoms with E-state index < -0.39 is 40.9 Å². The number of amides is 1. The standard InChI is InChI=1S/C20H19F2N3O4/c1-10(13-8-7-12(21)9-14(13)22)23-18(26)11(2)25-19(27)17-15(24-20(25)28)5-4-6-16(17)29-3/h4-11H,1-3H3,(H,23,26)(H,24,28)/t10-,11?/m0/s1. The van der Waals surface area contributed by atoms with Crippen molar-refractivity contribution in [3.63, 3.8) is 0 Å². The van der Waals surface area contributed by atoms with E-state index in [0.29, 0.717) is 6.07 Å². The van der Waals surface area contributed by atoms with Crippen molar-refractivity contribution in [2.45, 2.75) is 25.9 Å². The van der Waals surface area contributed by atoms with Crippen LogP contribution in [0.1, 0.15) is 31.5 Å². The molecule has 0 saturated carbocycles. The summed E-state index contributed by atoms with van der Waals surface area (Å²) in [5, 5.41) is 2.67. The summed E-state index contributed by atoms with van der Waals surface area (Å²) in [6.07, 6.45) is 0. The van der Waals surface area contributed by atoms with Gasteiger partial charge in [-0.15, -0.1) is 0 Å². The Bertz CT molecular complexity index is 1200. The predicted molar refractivity (Wildman–Crippen MR) is 103 cm³/mol. The highest BCUT2D eigenvalue weighted by molar-refractivity contribution is 5.85. The van der Waals surface area contributed by atoms with Crippen molar-refractivity contribution >= 4 is 16.8 Å². The Kier molecular flexibility index (Phi) is 5.49. The summed E-state index contributed by atoms with van der Waals surface area (Å²) in [6, 6.07) is 5.75. The topological polar surface area (TPSA) is 93.2 Å². The maximum Gasteiger partial charge on any atom is 0.329 e. The van der Waals surface area contributed by atoms with Crippen molar-refractivity contribution in [1.29, 1.82) is 0 Å². The van der Waals surface area contributed by atoms with Gasteiger partial charge in [-0.1, -0.05) is 12.1 Å². The van der Waals surface area contributed by atoms with Crippen LogP contribution in [0.2, 0.25) is 0 Å². The first-order valence-corrected chi connectivity index (χ1v) is 8.81. The number of fused-ring (bicyclic) bond motifs is 1. The second-order valence-electron chi connectivity index (χ2n) is 6.56. The van der Waals surface area contributed by atoms with Gasteiger partial charge in [0, 0.05) is 11.6 Å². The summed E-state index contributed by atoms with van der Waals surface area (Å²) in [5.41, 5.74) is -1.10. The van der Waals surface area contributed by atoms with Gasteiger partial charge in [-0.25, -0.2) is 18.1 Å². The minimum Gasteiger partial charge on any atom is -0.496 e. The molecular weight excluding hydrogens is 384 g/mol. The largest absolute Gasteiger partial charge is 0.496 e. The molecule has 1 unspecified atom stereocenters. The van der Waals surface area contributed by atoms with Gasteiger partial charge in [0.25, 0.3) is 5.56 Å². The highest BCUT2D eigenvalue weighted by Crippen LogP contribution is 2.21. The lowest BCUT2D eigenvalue weighted by atomic mass is 10.1. The zero-order valence-electron chi connectivity index (χ0n) is 16.0. The summed E-state index contributed by atoms with van der Waals surface area (Å²) < 4.78 is 33.0. The molecular formula is C20H19F2N3O4. The lowest BCUT2D eigenvalue weighted by molar-refractivity contribution is -0.124. The highest BCUT2D eigenvalue weighted by atomic mass is 19.1. The minimum atomic E-state index is -1.19. The minimum absolute atomic E-state index is 0.0772. The summed E-state index contributed by atoms with van der Waals surface area (Å²) in [7, 11) is 1.39. The average Bonchev–Trinajstić information content (AvgIpc) is 2.66. The molecule has 0 aliphatic rings. The van der Waals surface area contributed by atoms with Gasteiger partial charge in [0.15, 0.2) is 0 Å². The van der Waals surface area contributed by atoms with Crippen LogP contribution in [0.15, 0.2) is 46.0 Å². The molecule has 29 heavy (non-hydrogen) atoms. The monoisotopic (exact) mass is 403 g/mol. The SMILES string of the molecule is COc1cccc2[nH]c(=O)n(C(C)C(=O)N[C@@H](C)c3ccc(F)cc3F)c(=O)c12. The molecule has 0 aliphatic heterocycles. The normalized spacial score (nSPS) is 13.1. The molecule has 0 fully saturated rings. The molecule has 1 amide bonds. The number of methoxy groups -OCH3 is 1. The van der Waals surface area contributed by atoms with Gasteiger partial charge in [0.2, 0.25) is 5.91 Å². The number of nitrogens with zero attached hydrogens (tertiary/aromatic N) is 1. The smallest absolute Gasteiger partial charge is 0.329 e. The quantitative estimate of drug-likeness (QED) is 0.684. The maximum atomic E-state index is 13.9. The van der Waals surface area contributed by atoms with E-state index in [4.69, 9.17) is 4.74 Å². The van der Waals surface area contributed by atoms with E-state index in [1.165, 1.54) is 27.0 Å². The van der Waals surface area contributed by atoms with E-state index in [-0.39, 0.29) is 22.2 Å². The number of aromatic amines is 1. The van der Waals surface area contributed by atoms with Crippen LogP contribution in [-0.4, -0.2) is 22.6 Å². The first kappa shape index (κ1) is 20.2. The van der Waals surface area contributed by atoms with Crippen LogP contribution in [0.3, 0.4) is 0 Å². The van der Waals surface area contributed by atoms with Crippen LogP contribution >= 0.6 is 0 Å². The molecule has 0 spiro atoms. The number of nitrogens with one attached hydrogen (secondary N) is 2. The fourth-order valence-corrected chi connectivity index (χ4v) is 3.15. The Morgan fingerprint density at radius 1 is 1.17 bits per heavy atom. The lowest BCUT2D eigenvalue weighted by Gasteiger charge is -2.20. The molecule has 7 nitrogen and oxygen atoms in total. The van der Waals surface area contributed by atoms with Crippen molar-refractivity contribution in [2.24, 2.45) is 0 Å². The third-order valence-corrected chi connectivity index (χ3v) is 4.69. The Morgan fingerprint density at radius 2 is 1.90 bits per heavy atom. The Labute approximate surface area is 163 Å². The number of carbonyl (C=O) groups excluding carboxylic acids is 1. The number of ether oxygens (including phenoxy) is 1. The number of benzene rings is 2. The third kappa shape index (κ3) is 3.75. The van der Waals surface area contributed by atoms with Crippen molar-refractivity contribution < 1.29 is 18.3 Å². The number of rotatable bonds is 5. The highest BCUT2D eigenvalue weighted by Gasteiger charge is 2.24. The molecule has 0 radical (unpaired) electrons. The second kappa shape index (κ2) is 7.86. The fraction of sp³-hybridized carbons (Fsp3) is 0.250. The molecule has 152 valence electrons. The summed E-state index contributed by atoms with van der Waals surface area (Å²) in [4.78, 5) is 40.5. The number of H-pyrrole nitrogens is 1. The van der Waals surface area contributed by atoms with Crippen LogP contribution in [0.4, 0.5) is 8.78 Å². The lowest BCUT2D eigenvalue weighted by Crippen LogP contribution is -2.44. The van der Waals surface area contributed by atoms with E-state index in [1.807, 2.05) is 0 Å². The van der Waals surface area contributed by atoms with Crippen LogP contribution in [-0.2, 0) is 4.79 Å². The molecule has 9 heteroatoms. The fourth-order valence-electron chi connectivity index (χ4n) is 3.15. The van der Waals surface area contributed by atoms with Crippen molar-refractivity contribution in [3.05, 3.63) is 74.4 Å². The van der Waals surface area contributed by atoms with Crippen LogP contribution in [0.25, 0.3) is 10.9 Å². The van der Waals surface area contributed by atoms with Gasteiger partial charge >= 0.3 is 5.69 Å². The van der Waals surface area contributed by atoms with Gasteiger partial charge in [-0.05, 0) is 32.0 Å². The van der Waals surface area contributed by atoms with E-state index in [1.54, 1.807) is 18.2 Å². The van der Waals surface area contributed by atoms with E-state index in [0.717, 1.165) is 10.6 Å². The van der Waals surface area contributed by atoms with Gasteiger partial charge in [-0.2, -0.15) is 0 Å². The molecule has 0 bridgehead atoms. The van der Waals surface area contributed by atoms with Gasteiger partial charge in [0.05, 0.1) is 18.7 Å². The molecule has 3 rings (SSSR count). The van der Waals surface area contributed by atoms with Crippen molar-refractivity contribution in [2.75, 3.05) is 7.11 Å². The molecule has 2 aromatic carbocycles. The molecule has 1 aromatic heterocycles. The number of aromatic nitrogens is 2. The zero-order chi connectivity index (χ0) is 21.3. The maximum absolute atomic E-state index is 13.9. The van der Waals surface area contributed by atoms with Crippen molar-refractivity contribution in [1.82, 2.24) is 14.9 Å². The summed E-state index contributed by atoms with van der Waals surface area (Å²) >= 11 is 0. The molecule has 2 N–H and O–H groups in total. The number of hydrogen-bond donors (Lipinski definition) is 2. The Morgan fingerprint density at radius 3 is 2.55 bits per heavy atom. The molecule has 2 atom stereocenters. The predicted octanol–water partition coefficient (Wildman–Crippen LogP) is 2.42.